The zero-order chi connectivity index (χ0) is 23.7. The van der Waals surface area contributed by atoms with Gasteiger partial charge < -0.3 is 4.90 Å². The Kier molecular flexibility index (Phi) is 6.46. The first-order chi connectivity index (χ1) is 16.5. The molecule has 0 spiro atoms. The molecule has 3 aromatic rings. The van der Waals surface area contributed by atoms with Gasteiger partial charge in [0.15, 0.2) is 5.78 Å². The lowest BCUT2D eigenvalue weighted by Crippen LogP contribution is -2.46. The van der Waals surface area contributed by atoms with E-state index in [0.29, 0.717) is 12.3 Å². The maximum atomic E-state index is 13.1. The molecule has 5 heteroatoms. The van der Waals surface area contributed by atoms with E-state index in [1.807, 2.05) is 6.92 Å². The van der Waals surface area contributed by atoms with Gasteiger partial charge in [-0.25, -0.2) is 9.97 Å². The molecule has 1 aliphatic heterocycles. The van der Waals surface area contributed by atoms with Crippen LogP contribution in [0, 0.1) is 6.92 Å². The van der Waals surface area contributed by atoms with E-state index in [4.69, 9.17) is 9.97 Å². The molecule has 0 radical (unpaired) electrons. The molecule has 1 fully saturated rings. The Bertz CT molecular complexity index is 1150. The van der Waals surface area contributed by atoms with Crippen LogP contribution < -0.4 is 4.90 Å². The molecule has 1 saturated heterocycles. The number of fused-ring (bicyclic) bond motifs is 1. The van der Waals surface area contributed by atoms with E-state index in [1.165, 1.54) is 16.7 Å². The van der Waals surface area contributed by atoms with E-state index < -0.39 is 0 Å². The molecule has 5 rings (SSSR count). The number of anilines is 1. The third-order valence-corrected chi connectivity index (χ3v) is 7.28. The SMILES string of the molecule is Cc1nc(N2CCN(Cc3ccccc3)CC2)nc2c1C(=O)C[C@H](c1ccc(C(C)C)cc1)C2. The van der Waals surface area contributed by atoms with Gasteiger partial charge in [0, 0.05) is 39.1 Å². The molecule has 0 N–H and O–H groups in total. The van der Waals surface area contributed by atoms with Gasteiger partial charge in [-0.05, 0) is 41.9 Å². The number of carbonyl (C=O) groups excluding carboxylic acids is 1. The summed E-state index contributed by atoms with van der Waals surface area (Å²) in [7, 11) is 0. The Balaban J connectivity index is 1.30. The molecular weight excluding hydrogens is 420 g/mol. The second-order valence-corrected chi connectivity index (χ2v) is 10.0. The normalized spacial score (nSPS) is 18.9. The highest BCUT2D eigenvalue weighted by atomic mass is 16.1. The summed E-state index contributed by atoms with van der Waals surface area (Å²) in [6.07, 6.45) is 1.34. The summed E-state index contributed by atoms with van der Waals surface area (Å²) in [5, 5.41) is 0. The molecule has 2 aliphatic rings. The van der Waals surface area contributed by atoms with Crippen LogP contribution in [0.25, 0.3) is 0 Å². The van der Waals surface area contributed by atoms with E-state index in [-0.39, 0.29) is 11.7 Å². The van der Waals surface area contributed by atoms with Crippen molar-refractivity contribution in [3.8, 4) is 0 Å². The Labute approximate surface area is 202 Å². The van der Waals surface area contributed by atoms with Crippen LogP contribution >= 0.6 is 0 Å². The summed E-state index contributed by atoms with van der Waals surface area (Å²) in [6, 6.07) is 19.4. The first-order valence-electron chi connectivity index (χ1n) is 12.5. The molecule has 5 nitrogen and oxygen atoms in total. The minimum atomic E-state index is 0.177. The highest BCUT2D eigenvalue weighted by Crippen LogP contribution is 2.34. The summed E-state index contributed by atoms with van der Waals surface area (Å²) in [6.45, 7) is 11.1. The van der Waals surface area contributed by atoms with E-state index in [2.05, 4.69) is 78.2 Å². The number of carbonyl (C=O) groups is 1. The van der Waals surface area contributed by atoms with Gasteiger partial charge in [-0.15, -0.1) is 0 Å². The summed E-state index contributed by atoms with van der Waals surface area (Å²) in [5.41, 5.74) is 6.41. The van der Waals surface area contributed by atoms with Crippen molar-refractivity contribution in [3.05, 3.63) is 88.2 Å². The van der Waals surface area contributed by atoms with Crippen LogP contribution in [-0.2, 0) is 13.0 Å². The lowest BCUT2D eigenvalue weighted by molar-refractivity contribution is 0.0962. The molecule has 0 amide bonds. The highest BCUT2D eigenvalue weighted by Gasteiger charge is 2.31. The molecule has 2 heterocycles. The van der Waals surface area contributed by atoms with Gasteiger partial charge in [-0.2, -0.15) is 0 Å². The van der Waals surface area contributed by atoms with Crippen molar-refractivity contribution in [2.45, 2.75) is 52.0 Å². The largest absolute Gasteiger partial charge is 0.338 e. The maximum absolute atomic E-state index is 13.1. The first-order valence-corrected chi connectivity index (χ1v) is 12.5. The number of hydrogen-bond donors (Lipinski definition) is 0. The second kappa shape index (κ2) is 9.67. The first kappa shape index (κ1) is 22.7. The van der Waals surface area contributed by atoms with Crippen molar-refractivity contribution in [3.63, 3.8) is 0 Å². The van der Waals surface area contributed by atoms with Crippen molar-refractivity contribution in [2.24, 2.45) is 0 Å². The van der Waals surface area contributed by atoms with Gasteiger partial charge in [-0.3, -0.25) is 9.69 Å². The quantitative estimate of drug-likeness (QED) is 0.534. The average Bonchev–Trinajstić information content (AvgIpc) is 2.84. The standard InChI is InChI=1S/C29H34N4O/c1-20(2)23-9-11-24(12-10-23)25-17-26-28(27(34)18-25)21(3)30-29(31-26)33-15-13-32(14-16-33)19-22-7-5-4-6-8-22/h4-12,20,25H,13-19H2,1-3H3/t25-/m1/s1. The van der Waals surface area contributed by atoms with Crippen LogP contribution in [0.4, 0.5) is 5.95 Å². The summed E-state index contributed by atoms with van der Waals surface area (Å²) in [5.74, 6) is 1.65. The summed E-state index contributed by atoms with van der Waals surface area (Å²) < 4.78 is 0. The molecule has 34 heavy (non-hydrogen) atoms. The predicted octanol–water partition coefficient (Wildman–Crippen LogP) is 5.14. The number of aromatic nitrogens is 2. The minimum Gasteiger partial charge on any atom is -0.338 e. The van der Waals surface area contributed by atoms with Gasteiger partial charge in [0.05, 0.1) is 17.0 Å². The van der Waals surface area contributed by atoms with Crippen molar-refractivity contribution in [1.82, 2.24) is 14.9 Å². The fraction of sp³-hybridized carbons (Fsp3) is 0.414. The minimum absolute atomic E-state index is 0.177. The molecule has 1 aliphatic carbocycles. The predicted molar refractivity (Wildman–Crippen MR) is 137 cm³/mol. The van der Waals surface area contributed by atoms with Crippen molar-refractivity contribution < 1.29 is 4.79 Å². The smallest absolute Gasteiger partial charge is 0.225 e. The fourth-order valence-corrected chi connectivity index (χ4v) is 5.24. The number of benzene rings is 2. The Morgan fingerprint density at radius 3 is 2.29 bits per heavy atom. The fourth-order valence-electron chi connectivity index (χ4n) is 5.24. The van der Waals surface area contributed by atoms with Gasteiger partial charge in [0.25, 0.3) is 0 Å². The molecule has 1 aromatic heterocycles. The topological polar surface area (TPSA) is 49.3 Å². The summed E-state index contributed by atoms with van der Waals surface area (Å²) >= 11 is 0. The van der Waals surface area contributed by atoms with Gasteiger partial charge >= 0.3 is 0 Å². The van der Waals surface area contributed by atoms with Crippen LogP contribution in [0.5, 0.6) is 0 Å². The second-order valence-electron chi connectivity index (χ2n) is 10.0. The van der Waals surface area contributed by atoms with Crippen molar-refractivity contribution >= 4 is 11.7 Å². The summed E-state index contributed by atoms with van der Waals surface area (Å²) in [4.78, 5) is 27.6. The Morgan fingerprint density at radius 1 is 0.912 bits per heavy atom. The maximum Gasteiger partial charge on any atom is 0.225 e. The lowest BCUT2D eigenvalue weighted by Gasteiger charge is -2.35. The van der Waals surface area contributed by atoms with Crippen LogP contribution in [0.15, 0.2) is 54.6 Å². The molecule has 0 saturated carbocycles. The van der Waals surface area contributed by atoms with Crippen LogP contribution in [0.3, 0.4) is 0 Å². The van der Waals surface area contributed by atoms with Gasteiger partial charge in [0.1, 0.15) is 0 Å². The van der Waals surface area contributed by atoms with E-state index >= 15 is 0 Å². The van der Waals surface area contributed by atoms with Gasteiger partial charge in [0.2, 0.25) is 5.95 Å². The van der Waals surface area contributed by atoms with Crippen molar-refractivity contribution in [2.75, 3.05) is 31.1 Å². The Morgan fingerprint density at radius 2 is 1.62 bits per heavy atom. The average molecular weight is 455 g/mol. The van der Waals surface area contributed by atoms with Crippen molar-refractivity contribution in [1.29, 1.82) is 0 Å². The molecule has 176 valence electrons. The van der Waals surface area contributed by atoms with E-state index in [9.17, 15) is 4.79 Å². The number of ketones is 1. The van der Waals surface area contributed by atoms with Gasteiger partial charge in [-0.1, -0.05) is 68.4 Å². The highest BCUT2D eigenvalue weighted by molar-refractivity contribution is 5.99. The third-order valence-electron chi connectivity index (χ3n) is 7.28. The van der Waals surface area contributed by atoms with Crippen LogP contribution in [0.1, 0.15) is 70.5 Å². The zero-order valence-corrected chi connectivity index (χ0v) is 20.5. The molecular formula is C29H34N4O. The number of hydrogen-bond acceptors (Lipinski definition) is 5. The molecule has 0 bridgehead atoms. The Hall–Kier alpha value is -3.05. The number of Topliss-reactive ketones (excluding diaryl/α,β-unsaturated/α-hetero) is 1. The number of aryl methyl sites for hydroxylation is 1. The monoisotopic (exact) mass is 454 g/mol. The molecule has 0 unspecified atom stereocenters. The zero-order valence-electron chi connectivity index (χ0n) is 20.5. The van der Waals surface area contributed by atoms with E-state index in [0.717, 1.165) is 62.0 Å². The number of piperazine rings is 1. The third kappa shape index (κ3) is 4.76. The van der Waals surface area contributed by atoms with Crippen LogP contribution in [-0.4, -0.2) is 46.8 Å². The number of nitrogens with zero attached hydrogens (tertiary/aromatic N) is 4. The number of rotatable bonds is 5. The molecule has 1 atom stereocenters. The van der Waals surface area contributed by atoms with Crippen LogP contribution in [0.2, 0.25) is 0 Å². The molecule has 2 aromatic carbocycles. The van der Waals surface area contributed by atoms with E-state index in [1.54, 1.807) is 0 Å². The lowest BCUT2D eigenvalue weighted by atomic mass is 9.81.